The number of aromatic nitrogens is 2. The zero-order valence-electron chi connectivity index (χ0n) is 14.1. The molecule has 0 aliphatic carbocycles. The Kier molecular flexibility index (Phi) is 4.82. The number of nitrogens with one attached hydrogen (secondary N) is 1. The van der Waals surface area contributed by atoms with E-state index in [0.717, 1.165) is 18.7 Å². The van der Waals surface area contributed by atoms with Gasteiger partial charge in [0.2, 0.25) is 17.7 Å². The van der Waals surface area contributed by atoms with E-state index in [4.69, 9.17) is 4.74 Å². The van der Waals surface area contributed by atoms with Crippen LogP contribution in [0.25, 0.3) is 0 Å². The number of ether oxygens (including phenoxy) is 1. The number of likely N-dealkylation sites (tertiary alicyclic amines) is 2. The molecule has 0 aromatic carbocycles. The standard InChI is InChI=1S/C16H23N5O3/c1-20-9-11(7-15(20)22)16(23)21-5-3-12(4-6-21)19-13-8-14(24-2)18-10-17-13/h8,10-12H,3-7,9H2,1-2H3,(H,17,18,19). The van der Waals surface area contributed by atoms with Crippen molar-refractivity contribution in [3.05, 3.63) is 12.4 Å². The molecule has 1 unspecified atom stereocenters. The van der Waals surface area contributed by atoms with Crippen LogP contribution < -0.4 is 10.1 Å². The molecule has 2 aliphatic heterocycles. The summed E-state index contributed by atoms with van der Waals surface area (Å²) in [5.41, 5.74) is 0. The predicted octanol–water partition coefficient (Wildman–Crippen LogP) is 0.366. The van der Waals surface area contributed by atoms with E-state index in [1.54, 1.807) is 25.1 Å². The molecule has 2 aliphatic rings. The topological polar surface area (TPSA) is 87.7 Å². The molecule has 0 radical (unpaired) electrons. The van der Waals surface area contributed by atoms with Crippen molar-refractivity contribution in [2.24, 2.45) is 5.92 Å². The average Bonchev–Trinajstić information content (AvgIpc) is 2.94. The maximum Gasteiger partial charge on any atom is 0.227 e. The number of carbonyl (C=O) groups excluding carboxylic acids is 2. The van der Waals surface area contributed by atoms with Crippen molar-refractivity contribution in [2.75, 3.05) is 39.1 Å². The van der Waals surface area contributed by atoms with Gasteiger partial charge in [-0.2, -0.15) is 0 Å². The molecule has 1 aromatic heterocycles. The van der Waals surface area contributed by atoms with Crippen LogP contribution in [0.2, 0.25) is 0 Å². The second-order valence-electron chi connectivity index (χ2n) is 6.36. The summed E-state index contributed by atoms with van der Waals surface area (Å²) < 4.78 is 5.09. The summed E-state index contributed by atoms with van der Waals surface area (Å²) in [6, 6.07) is 2.03. The largest absolute Gasteiger partial charge is 0.481 e. The molecule has 2 amide bonds. The van der Waals surface area contributed by atoms with Gasteiger partial charge in [0.05, 0.1) is 13.0 Å². The van der Waals surface area contributed by atoms with E-state index < -0.39 is 0 Å². The molecule has 24 heavy (non-hydrogen) atoms. The van der Waals surface area contributed by atoms with Crippen LogP contribution in [-0.4, -0.2) is 71.4 Å². The first kappa shape index (κ1) is 16.5. The lowest BCUT2D eigenvalue weighted by molar-refractivity contribution is -0.136. The highest BCUT2D eigenvalue weighted by Gasteiger charge is 2.35. The molecule has 3 rings (SSSR count). The summed E-state index contributed by atoms with van der Waals surface area (Å²) in [4.78, 5) is 35.8. The van der Waals surface area contributed by atoms with Crippen LogP contribution in [0.15, 0.2) is 12.4 Å². The van der Waals surface area contributed by atoms with Crippen molar-refractivity contribution in [3.8, 4) is 5.88 Å². The van der Waals surface area contributed by atoms with Gasteiger partial charge in [-0.15, -0.1) is 0 Å². The van der Waals surface area contributed by atoms with E-state index >= 15 is 0 Å². The SMILES string of the molecule is COc1cc(NC2CCN(C(=O)C3CC(=O)N(C)C3)CC2)ncn1. The Morgan fingerprint density at radius 3 is 2.71 bits per heavy atom. The number of rotatable bonds is 4. The van der Waals surface area contributed by atoms with Crippen LogP contribution in [0.4, 0.5) is 5.82 Å². The van der Waals surface area contributed by atoms with Crippen LogP contribution >= 0.6 is 0 Å². The summed E-state index contributed by atoms with van der Waals surface area (Å²) in [5.74, 6) is 1.24. The Balaban J connectivity index is 1.50. The third-order valence-electron chi connectivity index (χ3n) is 4.70. The lowest BCUT2D eigenvalue weighted by atomic mass is 10.0. The minimum Gasteiger partial charge on any atom is -0.481 e. The van der Waals surface area contributed by atoms with Gasteiger partial charge in [-0.1, -0.05) is 0 Å². The van der Waals surface area contributed by atoms with Gasteiger partial charge in [-0.05, 0) is 12.8 Å². The molecule has 0 bridgehead atoms. The van der Waals surface area contributed by atoms with Gasteiger partial charge in [0.1, 0.15) is 12.1 Å². The minimum atomic E-state index is -0.182. The zero-order chi connectivity index (χ0) is 17.1. The average molecular weight is 333 g/mol. The number of anilines is 1. The minimum absolute atomic E-state index is 0.0580. The molecule has 0 saturated carbocycles. The van der Waals surface area contributed by atoms with Gasteiger partial charge in [0.25, 0.3) is 0 Å². The number of carbonyl (C=O) groups is 2. The number of hydrogen-bond donors (Lipinski definition) is 1. The smallest absolute Gasteiger partial charge is 0.227 e. The predicted molar refractivity (Wildman–Crippen MR) is 87.6 cm³/mol. The van der Waals surface area contributed by atoms with Crippen LogP contribution in [0, 0.1) is 5.92 Å². The molecule has 3 heterocycles. The molecule has 8 nitrogen and oxygen atoms in total. The van der Waals surface area contributed by atoms with Gasteiger partial charge in [0.15, 0.2) is 0 Å². The summed E-state index contributed by atoms with van der Waals surface area (Å²) in [6.45, 7) is 1.94. The van der Waals surface area contributed by atoms with Crippen LogP contribution in [-0.2, 0) is 9.59 Å². The fraction of sp³-hybridized carbons (Fsp3) is 0.625. The molecular weight excluding hydrogens is 310 g/mol. The number of nitrogens with zero attached hydrogens (tertiary/aromatic N) is 4. The second-order valence-corrected chi connectivity index (χ2v) is 6.36. The van der Waals surface area contributed by atoms with Crippen molar-refractivity contribution < 1.29 is 14.3 Å². The van der Waals surface area contributed by atoms with E-state index in [-0.39, 0.29) is 23.8 Å². The summed E-state index contributed by atoms with van der Waals surface area (Å²) >= 11 is 0. The fourth-order valence-electron chi connectivity index (χ4n) is 3.27. The Morgan fingerprint density at radius 1 is 1.33 bits per heavy atom. The second kappa shape index (κ2) is 7.02. The lowest BCUT2D eigenvalue weighted by Gasteiger charge is -2.34. The van der Waals surface area contributed by atoms with Gasteiger partial charge >= 0.3 is 0 Å². The first-order valence-electron chi connectivity index (χ1n) is 8.22. The Morgan fingerprint density at radius 2 is 2.08 bits per heavy atom. The molecule has 130 valence electrons. The summed E-state index contributed by atoms with van der Waals surface area (Å²) in [7, 11) is 3.32. The molecule has 1 aromatic rings. The number of amides is 2. The van der Waals surface area contributed by atoms with Crippen molar-refractivity contribution in [2.45, 2.75) is 25.3 Å². The molecule has 2 fully saturated rings. The molecule has 2 saturated heterocycles. The van der Waals surface area contributed by atoms with Crippen molar-refractivity contribution in [1.82, 2.24) is 19.8 Å². The van der Waals surface area contributed by atoms with E-state index in [0.29, 0.717) is 31.9 Å². The molecule has 0 spiro atoms. The van der Waals surface area contributed by atoms with E-state index in [1.165, 1.54) is 6.33 Å². The number of methoxy groups -OCH3 is 1. The van der Waals surface area contributed by atoms with Gasteiger partial charge in [-0.25, -0.2) is 9.97 Å². The molecule has 1 atom stereocenters. The zero-order valence-corrected chi connectivity index (χ0v) is 14.1. The first-order valence-corrected chi connectivity index (χ1v) is 8.22. The van der Waals surface area contributed by atoms with Gasteiger partial charge in [-0.3, -0.25) is 9.59 Å². The Labute approximate surface area is 141 Å². The third kappa shape index (κ3) is 3.58. The maximum atomic E-state index is 12.5. The number of hydrogen-bond acceptors (Lipinski definition) is 6. The van der Waals surface area contributed by atoms with Gasteiger partial charge < -0.3 is 19.9 Å². The number of piperidine rings is 1. The fourth-order valence-corrected chi connectivity index (χ4v) is 3.27. The van der Waals surface area contributed by atoms with Crippen molar-refractivity contribution in [3.63, 3.8) is 0 Å². The Bertz CT molecular complexity index is 615. The highest BCUT2D eigenvalue weighted by Crippen LogP contribution is 2.22. The Hall–Kier alpha value is -2.38. The van der Waals surface area contributed by atoms with E-state index in [1.807, 2.05) is 4.90 Å². The highest BCUT2D eigenvalue weighted by molar-refractivity contribution is 5.89. The first-order chi connectivity index (χ1) is 11.6. The molecule has 1 N–H and O–H groups in total. The van der Waals surface area contributed by atoms with Crippen molar-refractivity contribution in [1.29, 1.82) is 0 Å². The normalized spacial score (nSPS) is 21.9. The molecule has 8 heteroatoms. The lowest BCUT2D eigenvalue weighted by Crippen LogP contribution is -2.45. The van der Waals surface area contributed by atoms with Gasteiger partial charge in [0, 0.05) is 45.2 Å². The highest BCUT2D eigenvalue weighted by atomic mass is 16.5. The third-order valence-corrected chi connectivity index (χ3v) is 4.70. The van der Waals surface area contributed by atoms with E-state index in [2.05, 4.69) is 15.3 Å². The van der Waals surface area contributed by atoms with E-state index in [9.17, 15) is 9.59 Å². The van der Waals surface area contributed by atoms with Crippen molar-refractivity contribution >= 4 is 17.6 Å². The summed E-state index contributed by atoms with van der Waals surface area (Å²) in [6.07, 6.45) is 3.52. The van der Waals surface area contributed by atoms with Crippen LogP contribution in [0.1, 0.15) is 19.3 Å². The maximum absolute atomic E-state index is 12.5. The quantitative estimate of drug-likeness (QED) is 0.856. The monoisotopic (exact) mass is 333 g/mol. The summed E-state index contributed by atoms with van der Waals surface area (Å²) in [5, 5.41) is 3.37. The van der Waals surface area contributed by atoms with Crippen LogP contribution in [0.5, 0.6) is 5.88 Å². The van der Waals surface area contributed by atoms with Crippen LogP contribution in [0.3, 0.4) is 0 Å². The molecular formula is C16H23N5O3.